The number of nitrogens with one attached hydrogen (secondary N) is 1. The molecule has 0 aromatic heterocycles. The highest BCUT2D eigenvalue weighted by Gasteiger charge is 2.36. The third-order valence-electron chi connectivity index (χ3n) is 3.59. The van der Waals surface area contributed by atoms with Crippen LogP contribution in [0.15, 0.2) is 0 Å². The van der Waals surface area contributed by atoms with Gasteiger partial charge in [0.25, 0.3) is 0 Å². The molecule has 96 valence electrons. The maximum Gasteiger partial charge on any atom is 0.0444 e. The number of unbranched alkanes of at least 4 members (excludes halogenated alkanes) is 1. The largest absolute Gasteiger partial charge is 0.396 e. The molecule has 4 heteroatoms. The van der Waals surface area contributed by atoms with Crippen LogP contribution < -0.4 is 11.1 Å². The first-order valence-electron chi connectivity index (χ1n) is 6.43. The first-order valence-corrected chi connectivity index (χ1v) is 6.43. The van der Waals surface area contributed by atoms with Crippen molar-refractivity contribution in [2.45, 2.75) is 44.7 Å². The minimum atomic E-state index is 0.111. The molecule has 1 aliphatic rings. The van der Waals surface area contributed by atoms with Gasteiger partial charge in [0.1, 0.15) is 0 Å². The molecule has 0 spiro atoms. The summed E-state index contributed by atoms with van der Waals surface area (Å²) in [6.45, 7) is 8.62. The monoisotopic (exact) mass is 229 g/mol. The highest BCUT2D eigenvalue weighted by atomic mass is 16.2. The molecule has 4 N–H and O–H groups in total. The fourth-order valence-corrected chi connectivity index (χ4v) is 2.32. The van der Waals surface area contributed by atoms with Crippen LogP contribution in [0.25, 0.3) is 0 Å². The summed E-state index contributed by atoms with van der Waals surface area (Å²) in [5.74, 6) is 0. The van der Waals surface area contributed by atoms with Gasteiger partial charge in [0, 0.05) is 37.8 Å². The highest BCUT2D eigenvalue weighted by Crippen LogP contribution is 2.22. The molecule has 1 atom stereocenters. The number of hydrogen-bond donors (Lipinski definition) is 3. The Morgan fingerprint density at radius 3 is 2.69 bits per heavy atom. The van der Waals surface area contributed by atoms with Crippen LogP contribution in [0, 0.1) is 0 Å². The second kappa shape index (κ2) is 6.55. The van der Waals surface area contributed by atoms with Crippen LogP contribution in [0.5, 0.6) is 0 Å². The van der Waals surface area contributed by atoms with Crippen molar-refractivity contribution in [2.75, 3.05) is 32.8 Å². The Hall–Kier alpha value is -0.160. The van der Waals surface area contributed by atoms with Gasteiger partial charge in [-0.05, 0) is 39.7 Å². The molecular formula is C12H27N3O. The fraction of sp³-hybridized carbons (Fsp3) is 1.00. The van der Waals surface area contributed by atoms with E-state index in [1.807, 2.05) is 0 Å². The number of nitrogens with zero attached hydrogens (tertiary/aromatic N) is 1. The van der Waals surface area contributed by atoms with E-state index < -0.39 is 0 Å². The van der Waals surface area contributed by atoms with Crippen molar-refractivity contribution in [2.24, 2.45) is 5.73 Å². The van der Waals surface area contributed by atoms with E-state index in [-0.39, 0.29) is 12.1 Å². The average Bonchev–Trinajstić information content (AvgIpc) is 2.70. The molecule has 4 nitrogen and oxygen atoms in total. The zero-order valence-electron chi connectivity index (χ0n) is 10.7. The van der Waals surface area contributed by atoms with Gasteiger partial charge in [-0.2, -0.15) is 0 Å². The molecule has 0 aliphatic carbocycles. The van der Waals surface area contributed by atoms with E-state index in [0.717, 1.165) is 38.9 Å². The van der Waals surface area contributed by atoms with Crippen molar-refractivity contribution < 1.29 is 5.11 Å². The van der Waals surface area contributed by atoms with Crippen molar-refractivity contribution in [1.29, 1.82) is 0 Å². The van der Waals surface area contributed by atoms with E-state index in [0.29, 0.717) is 12.6 Å². The molecule has 0 radical (unpaired) electrons. The van der Waals surface area contributed by atoms with Crippen LogP contribution in [0.3, 0.4) is 0 Å². The predicted octanol–water partition coefficient (Wildman–Crippen LogP) is 0.160. The molecular weight excluding hydrogens is 202 g/mol. The van der Waals surface area contributed by atoms with Gasteiger partial charge in [0.2, 0.25) is 0 Å². The Bertz CT molecular complexity index is 199. The molecule has 1 rings (SSSR count). The highest BCUT2D eigenvalue weighted by molar-refractivity contribution is 4.98. The second-order valence-corrected chi connectivity index (χ2v) is 5.16. The third kappa shape index (κ3) is 3.70. The second-order valence-electron chi connectivity index (χ2n) is 5.16. The van der Waals surface area contributed by atoms with Gasteiger partial charge in [-0.25, -0.2) is 0 Å². The number of aliphatic hydroxyl groups excluding tert-OH is 1. The van der Waals surface area contributed by atoms with E-state index in [4.69, 9.17) is 10.8 Å². The van der Waals surface area contributed by atoms with Gasteiger partial charge in [0.15, 0.2) is 0 Å². The molecule has 0 aromatic rings. The van der Waals surface area contributed by atoms with Gasteiger partial charge >= 0.3 is 0 Å². The number of aliphatic hydroxyl groups is 1. The molecule has 1 aliphatic heterocycles. The number of rotatable bonds is 7. The van der Waals surface area contributed by atoms with Gasteiger partial charge in [-0.3, -0.25) is 4.90 Å². The maximum atomic E-state index is 8.73. The van der Waals surface area contributed by atoms with Gasteiger partial charge < -0.3 is 16.2 Å². The summed E-state index contributed by atoms with van der Waals surface area (Å²) in [5.41, 5.74) is 6.02. The molecule has 1 fully saturated rings. The van der Waals surface area contributed by atoms with Gasteiger partial charge in [-0.1, -0.05) is 0 Å². The minimum absolute atomic E-state index is 0.111. The van der Waals surface area contributed by atoms with Crippen molar-refractivity contribution in [1.82, 2.24) is 10.2 Å². The van der Waals surface area contributed by atoms with Gasteiger partial charge in [0.05, 0.1) is 0 Å². The standard InChI is InChI=1S/C12H27N3O/c1-11(2)15-7-5-12(9-13,10-15)14-6-3-4-8-16/h11,14,16H,3-10,13H2,1-2H3. The van der Waals surface area contributed by atoms with Crippen molar-refractivity contribution in [3.8, 4) is 0 Å². The average molecular weight is 229 g/mol. The summed E-state index contributed by atoms with van der Waals surface area (Å²) in [6, 6.07) is 0.604. The number of nitrogens with two attached hydrogens (primary N) is 1. The Morgan fingerprint density at radius 2 is 2.19 bits per heavy atom. The SMILES string of the molecule is CC(C)N1CCC(CN)(NCCCCO)C1. The Labute approximate surface area is 99.2 Å². The van der Waals surface area contributed by atoms with Crippen molar-refractivity contribution in [3.63, 3.8) is 0 Å². The van der Waals surface area contributed by atoms with Crippen LogP contribution in [0.4, 0.5) is 0 Å². The van der Waals surface area contributed by atoms with E-state index in [1.54, 1.807) is 0 Å². The van der Waals surface area contributed by atoms with Crippen LogP contribution in [-0.4, -0.2) is 54.4 Å². The van der Waals surface area contributed by atoms with E-state index in [2.05, 4.69) is 24.1 Å². The summed E-state index contributed by atoms with van der Waals surface area (Å²) in [5, 5.41) is 12.3. The van der Waals surface area contributed by atoms with Crippen LogP contribution in [0.1, 0.15) is 33.1 Å². The quantitative estimate of drug-likeness (QED) is 0.544. The lowest BCUT2D eigenvalue weighted by Gasteiger charge is -2.30. The Balaban J connectivity index is 2.34. The maximum absolute atomic E-state index is 8.73. The minimum Gasteiger partial charge on any atom is -0.396 e. The van der Waals surface area contributed by atoms with Crippen LogP contribution in [-0.2, 0) is 0 Å². The summed E-state index contributed by atoms with van der Waals surface area (Å²) in [7, 11) is 0. The summed E-state index contributed by atoms with van der Waals surface area (Å²) >= 11 is 0. The Morgan fingerprint density at radius 1 is 1.44 bits per heavy atom. The van der Waals surface area contributed by atoms with Crippen LogP contribution >= 0.6 is 0 Å². The number of likely N-dealkylation sites (tertiary alicyclic amines) is 1. The van der Waals surface area contributed by atoms with Crippen LogP contribution in [0.2, 0.25) is 0 Å². The molecule has 0 bridgehead atoms. The summed E-state index contributed by atoms with van der Waals surface area (Å²) in [6.07, 6.45) is 3.04. The molecule has 0 amide bonds. The summed E-state index contributed by atoms with van der Waals surface area (Å²) < 4.78 is 0. The normalized spacial score (nSPS) is 26.8. The zero-order chi connectivity index (χ0) is 12.0. The fourth-order valence-electron chi connectivity index (χ4n) is 2.32. The first-order chi connectivity index (χ1) is 7.63. The molecule has 16 heavy (non-hydrogen) atoms. The molecule has 1 saturated heterocycles. The lowest BCUT2D eigenvalue weighted by atomic mass is 9.98. The molecule has 1 heterocycles. The third-order valence-corrected chi connectivity index (χ3v) is 3.59. The molecule has 0 aromatic carbocycles. The van der Waals surface area contributed by atoms with Crippen molar-refractivity contribution in [3.05, 3.63) is 0 Å². The summed E-state index contributed by atoms with van der Waals surface area (Å²) in [4.78, 5) is 2.48. The smallest absolute Gasteiger partial charge is 0.0444 e. The predicted molar refractivity (Wildman–Crippen MR) is 67.4 cm³/mol. The topological polar surface area (TPSA) is 61.5 Å². The van der Waals surface area contributed by atoms with Gasteiger partial charge in [-0.15, -0.1) is 0 Å². The molecule has 0 saturated carbocycles. The van der Waals surface area contributed by atoms with E-state index in [9.17, 15) is 0 Å². The first kappa shape index (κ1) is 13.9. The molecule has 1 unspecified atom stereocenters. The lowest BCUT2D eigenvalue weighted by Crippen LogP contribution is -2.53. The lowest BCUT2D eigenvalue weighted by molar-refractivity contribution is 0.238. The Kier molecular flexibility index (Phi) is 5.69. The van der Waals surface area contributed by atoms with Crippen molar-refractivity contribution >= 4 is 0 Å². The number of hydrogen-bond acceptors (Lipinski definition) is 4. The van der Waals surface area contributed by atoms with E-state index in [1.165, 1.54) is 0 Å². The zero-order valence-corrected chi connectivity index (χ0v) is 10.7. The van der Waals surface area contributed by atoms with E-state index >= 15 is 0 Å².